The summed E-state index contributed by atoms with van der Waals surface area (Å²) in [6, 6.07) is 10.4. The molecule has 2 saturated carbocycles. The maximum Gasteiger partial charge on any atom is 0.416 e. The maximum absolute atomic E-state index is 14.2. The van der Waals surface area contributed by atoms with Gasteiger partial charge in [0.25, 0.3) is 5.91 Å². The van der Waals surface area contributed by atoms with Gasteiger partial charge in [-0.05, 0) is 92.9 Å². The Morgan fingerprint density at radius 2 is 1.95 bits per heavy atom. The predicted octanol–water partition coefficient (Wildman–Crippen LogP) is 5.16. The van der Waals surface area contributed by atoms with Crippen molar-refractivity contribution in [1.29, 1.82) is 0 Å². The van der Waals surface area contributed by atoms with E-state index in [1.165, 1.54) is 17.4 Å². The van der Waals surface area contributed by atoms with Crippen molar-refractivity contribution < 1.29 is 22.7 Å². The zero-order valence-electron chi connectivity index (χ0n) is 23.0. The molecule has 0 bridgehead atoms. The van der Waals surface area contributed by atoms with Gasteiger partial charge in [0.1, 0.15) is 12.2 Å². The third-order valence-corrected chi connectivity index (χ3v) is 9.16. The van der Waals surface area contributed by atoms with Crippen molar-refractivity contribution in [3.8, 4) is 0 Å². The SMILES string of the molecule is COC1CC(c2cccc(N3Cc4c(cc(CCNC5(C)CCC5)cc4C(F)(F)F)C3=O)c2)(c2nncn2C)C1. The molecule has 3 aromatic rings. The lowest BCUT2D eigenvalue weighted by atomic mass is 9.62. The van der Waals surface area contributed by atoms with Gasteiger partial charge in [-0.25, -0.2) is 0 Å². The van der Waals surface area contributed by atoms with Crippen molar-refractivity contribution in [2.75, 3.05) is 18.6 Å². The van der Waals surface area contributed by atoms with Crippen molar-refractivity contribution in [3.05, 3.63) is 76.4 Å². The molecule has 0 unspecified atom stereocenters. The van der Waals surface area contributed by atoms with Crippen LogP contribution in [0, 0.1) is 0 Å². The van der Waals surface area contributed by atoms with Crippen LogP contribution in [0.15, 0.2) is 42.7 Å². The minimum Gasteiger partial charge on any atom is -0.381 e. The van der Waals surface area contributed by atoms with Gasteiger partial charge >= 0.3 is 6.18 Å². The maximum atomic E-state index is 14.2. The Kier molecular flexibility index (Phi) is 6.53. The van der Waals surface area contributed by atoms with Crippen LogP contribution in [0.3, 0.4) is 0 Å². The van der Waals surface area contributed by atoms with Crippen LogP contribution in [0.1, 0.15) is 77.5 Å². The molecule has 2 aliphatic carbocycles. The second-order valence-corrected chi connectivity index (χ2v) is 11.8. The average molecular weight is 554 g/mol. The van der Waals surface area contributed by atoms with Gasteiger partial charge in [0.05, 0.1) is 23.6 Å². The van der Waals surface area contributed by atoms with Crippen LogP contribution in [0.5, 0.6) is 0 Å². The van der Waals surface area contributed by atoms with Crippen LogP contribution < -0.4 is 10.2 Å². The van der Waals surface area contributed by atoms with E-state index in [2.05, 4.69) is 22.4 Å². The molecule has 7 nitrogen and oxygen atoms in total. The Bertz CT molecular complexity index is 1440. The minimum atomic E-state index is -4.55. The Balaban J connectivity index is 1.31. The first-order chi connectivity index (χ1) is 19.0. The summed E-state index contributed by atoms with van der Waals surface area (Å²) in [6.45, 7) is 2.59. The lowest BCUT2D eigenvalue weighted by molar-refractivity contribution is -0.138. The van der Waals surface area contributed by atoms with Crippen molar-refractivity contribution in [2.24, 2.45) is 7.05 Å². The predicted molar refractivity (Wildman–Crippen MR) is 144 cm³/mol. The third kappa shape index (κ3) is 4.51. The molecule has 40 heavy (non-hydrogen) atoms. The molecule has 1 N–H and O–H groups in total. The highest BCUT2D eigenvalue weighted by atomic mass is 19.4. The first kappa shape index (κ1) is 27.0. The van der Waals surface area contributed by atoms with Crippen LogP contribution in [0.4, 0.5) is 18.9 Å². The van der Waals surface area contributed by atoms with Crippen molar-refractivity contribution >= 4 is 11.6 Å². The molecule has 1 aromatic heterocycles. The van der Waals surface area contributed by atoms with E-state index in [-0.39, 0.29) is 29.3 Å². The number of aryl methyl sites for hydroxylation is 1. The van der Waals surface area contributed by atoms with Gasteiger partial charge in [-0.3, -0.25) is 4.79 Å². The van der Waals surface area contributed by atoms with Crippen molar-refractivity contribution in [1.82, 2.24) is 20.1 Å². The number of carbonyl (C=O) groups excluding carboxylic acids is 1. The number of benzene rings is 2. The fraction of sp³-hybridized carbons (Fsp3) is 0.500. The van der Waals surface area contributed by atoms with Crippen LogP contribution in [-0.4, -0.2) is 46.0 Å². The van der Waals surface area contributed by atoms with Crippen molar-refractivity contribution in [3.63, 3.8) is 0 Å². The van der Waals surface area contributed by atoms with Gasteiger partial charge in [0.2, 0.25) is 0 Å². The molecule has 1 aliphatic heterocycles. The molecule has 0 atom stereocenters. The first-order valence-electron chi connectivity index (χ1n) is 13.8. The molecule has 0 radical (unpaired) electrons. The number of nitrogens with one attached hydrogen (secondary N) is 1. The lowest BCUT2D eigenvalue weighted by Gasteiger charge is -2.46. The van der Waals surface area contributed by atoms with Gasteiger partial charge < -0.3 is 19.5 Å². The largest absolute Gasteiger partial charge is 0.416 e. The second-order valence-electron chi connectivity index (χ2n) is 11.8. The number of anilines is 1. The van der Waals surface area contributed by atoms with E-state index in [0.717, 1.165) is 24.2 Å². The molecule has 2 heterocycles. The standard InChI is InChI=1S/C30H34F3N5O2/c1-28(9-5-10-28)34-11-8-19-12-23-24(25(13-19)30(31,32)33)17-38(26(23)39)21-7-4-6-20(14-21)29(15-22(16-29)40-3)27-36-35-18-37(27)2/h4,6-7,12-14,18,22,34H,5,8-11,15-17H2,1-3H3. The minimum absolute atomic E-state index is 0.0386. The quantitative estimate of drug-likeness (QED) is 0.417. The van der Waals surface area contributed by atoms with E-state index in [9.17, 15) is 18.0 Å². The molecular weight excluding hydrogens is 519 g/mol. The Morgan fingerprint density at radius 3 is 2.58 bits per heavy atom. The molecule has 2 fully saturated rings. The van der Waals surface area contributed by atoms with E-state index in [1.54, 1.807) is 25.6 Å². The number of ether oxygens (including phenoxy) is 1. The fourth-order valence-electron chi connectivity index (χ4n) is 6.59. The zero-order chi connectivity index (χ0) is 28.3. The second kappa shape index (κ2) is 9.69. The normalized spacial score (nSPS) is 23.6. The van der Waals surface area contributed by atoms with E-state index < -0.39 is 23.1 Å². The number of fused-ring (bicyclic) bond motifs is 1. The number of nitrogens with zero attached hydrogens (tertiary/aromatic N) is 4. The summed E-state index contributed by atoms with van der Waals surface area (Å²) in [6.07, 6.45) is 2.29. The van der Waals surface area contributed by atoms with E-state index >= 15 is 0 Å². The summed E-state index contributed by atoms with van der Waals surface area (Å²) in [4.78, 5) is 15.1. The highest BCUT2D eigenvalue weighted by molar-refractivity contribution is 6.10. The topological polar surface area (TPSA) is 72.3 Å². The van der Waals surface area contributed by atoms with Crippen LogP contribution >= 0.6 is 0 Å². The molecule has 212 valence electrons. The van der Waals surface area contributed by atoms with Crippen LogP contribution in [0.25, 0.3) is 0 Å². The fourth-order valence-corrected chi connectivity index (χ4v) is 6.59. The third-order valence-electron chi connectivity index (χ3n) is 9.16. The monoisotopic (exact) mass is 553 g/mol. The summed E-state index contributed by atoms with van der Waals surface area (Å²) >= 11 is 0. The lowest BCUT2D eigenvalue weighted by Crippen LogP contribution is -2.48. The first-order valence-corrected chi connectivity index (χ1v) is 13.8. The number of aromatic nitrogens is 3. The highest BCUT2D eigenvalue weighted by Crippen LogP contribution is 2.50. The smallest absolute Gasteiger partial charge is 0.381 e. The van der Waals surface area contributed by atoms with E-state index in [1.807, 2.05) is 29.8 Å². The van der Waals surface area contributed by atoms with Gasteiger partial charge in [-0.1, -0.05) is 12.1 Å². The number of halogens is 3. The summed E-state index contributed by atoms with van der Waals surface area (Å²) < 4.78 is 50.1. The van der Waals surface area contributed by atoms with Gasteiger partial charge in [-0.2, -0.15) is 13.2 Å². The number of alkyl halides is 3. The number of amides is 1. The molecule has 2 aromatic carbocycles. The van der Waals surface area contributed by atoms with Crippen LogP contribution in [0.2, 0.25) is 0 Å². The Labute approximate surface area is 231 Å². The molecule has 1 amide bonds. The molecular formula is C30H34F3N5O2. The summed E-state index contributed by atoms with van der Waals surface area (Å²) in [5, 5.41) is 11.9. The summed E-state index contributed by atoms with van der Waals surface area (Å²) in [7, 11) is 3.57. The summed E-state index contributed by atoms with van der Waals surface area (Å²) in [5.41, 5.74) is 1.08. The molecule has 0 spiro atoms. The Morgan fingerprint density at radius 1 is 1.18 bits per heavy atom. The van der Waals surface area contributed by atoms with Gasteiger partial charge in [0, 0.05) is 30.9 Å². The summed E-state index contributed by atoms with van der Waals surface area (Å²) in [5.74, 6) is 0.386. The zero-order valence-corrected chi connectivity index (χ0v) is 23.0. The average Bonchev–Trinajstić information content (AvgIpc) is 3.45. The number of carbonyl (C=O) groups is 1. The van der Waals surface area contributed by atoms with E-state index in [0.29, 0.717) is 37.1 Å². The number of methoxy groups -OCH3 is 1. The van der Waals surface area contributed by atoms with Crippen LogP contribution in [-0.2, 0) is 36.3 Å². The van der Waals surface area contributed by atoms with E-state index in [4.69, 9.17) is 4.74 Å². The number of rotatable bonds is 8. The molecule has 6 rings (SSSR count). The number of hydrogen-bond acceptors (Lipinski definition) is 5. The highest BCUT2D eigenvalue weighted by Gasteiger charge is 2.50. The Hall–Kier alpha value is -3.24. The van der Waals surface area contributed by atoms with Crippen molar-refractivity contribution in [2.45, 2.75) is 75.2 Å². The molecule has 0 saturated heterocycles. The van der Waals surface area contributed by atoms with Gasteiger partial charge in [-0.15, -0.1) is 10.2 Å². The van der Waals surface area contributed by atoms with Gasteiger partial charge in [0.15, 0.2) is 0 Å². The molecule has 3 aliphatic rings. The molecule has 10 heteroatoms. The number of hydrogen-bond donors (Lipinski definition) is 1.